The van der Waals surface area contributed by atoms with Crippen LogP contribution in [0.1, 0.15) is 28.9 Å². The molecule has 0 unspecified atom stereocenters. The molecule has 1 N–H and O–H groups in total. The molecule has 1 aromatic carbocycles. The van der Waals surface area contributed by atoms with Crippen molar-refractivity contribution in [2.45, 2.75) is 25.3 Å². The van der Waals surface area contributed by atoms with E-state index < -0.39 is 16.0 Å². The number of hydrogen-bond acceptors (Lipinski definition) is 9. The number of fused-ring (bicyclic) bond motifs is 1. The van der Waals surface area contributed by atoms with E-state index in [4.69, 9.17) is 13.7 Å². The van der Waals surface area contributed by atoms with Gasteiger partial charge in [-0.1, -0.05) is 5.16 Å². The Morgan fingerprint density at radius 3 is 2.84 bits per heavy atom. The van der Waals surface area contributed by atoms with Crippen LogP contribution in [0.2, 0.25) is 0 Å². The summed E-state index contributed by atoms with van der Waals surface area (Å²) in [6, 6.07) is 4.32. The second kappa shape index (κ2) is 7.96. The third-order valence-corrected chi connectivity index (χ3v) is 5.92. The second-order valence-electron chi connectivity index (χ2n) is 6.67. The largest absolute Gasteiger partial charge is 0.460 e. The molecule has 31 heavy (non-hydrogen) atoms. The SMILES string of the molecule is CCOC(=O)c1oc2ccc(S(=O)(=O)NCc3nc(-c4cnn(C)c4)no3)cc2c1C. The molecule has 0 radical (unpaired) electrons. The number of aryl methyl sites for hydroxylation is 2. The minimum Gasteiger partial charge on any atom is -0.460 e. The fourth-order valence-corrected chi connectivity index (χ4v) is 3.98. The summed E-state index contributed by atoms with van der Waals surface area (Å²) in [6.45, 7) is 3.37. The summed E-state index contributed by atoms with van der Waals surface area (Å²) in [5.41, 5.74) is 1.54. The Bertz CT molecular complexity index is 1370. The van der Waals surface area contributed by atoms with E-state index in [1.165, 1.54) is 18.2 Å². The number of esters is 1. The summed E-state index contributed by atoms with van der Waals surface area (Å²) >= 11 is 0. The molecule has 0 bridgehead atoms. The number of ether oxygens (including phenoxy) is 1. The molecule has 0 aliphatic rings. The topological polar surface area (TPSA) is 142 Å². The van der Waals surface area contributed by atoms with Crippen LogP contribution in [0.15, 0.2) is 44.4 Å². The van der Waals surface area contributed by atoms with Crippen LogP contribution in [0, 0.1) is 6.92 Å². The van der Waals surface area contributed by atoms with E-state index >= 15 is 0 Å². The van der Waals surface area contributed by atoms with Crippen LogP contribution in [0.5, 0.6) is 0 Å². The highest BCUT2D eigenvalue weighted by molar-refractivity contribution is 7.89. The van der Waals surface area contributed by atoms with Gasteiger partial charge in [-0.05, 0) is 32.0 Å². The Balaban J connectivity index is 1.54. The van der Waals surface area contributed by atoms with E-state index in [9.17, 15) is 13.2 Å². The quantitative estimate of drug-likeness (QED) is 0.423. The first kappa shape index (κ1) is 20.8. The average molecular weight is 445 g/mol. The molecular weight excluding hydrogens is 426 g/mol. The maximum absolute atomic E-state index is 12.7. The van der Waals surface area contributed by atoms with Crippen molar-refractivity contribution in [2.24, 2.45) is 7.05 Å². The van der Waals surface area contributed by atoms with Gasteiger partial charge in [0.25, 0.3) is 0 Å². The molecule has 162 valence electrons. The normalized spacial score (nSPS) is 11.8. The monoisotopic (exact) mass is 445 g/mol. The number of carbonyl (C=O) groups is 1. The number of benzene rings is 1. The van der Waals surface area contributed by atoms with Crippen molar-refractivity contribution >= 4 is 27.0 Å². The lowest BCUT2D eigenvalue weighted by molar-refractivity contribution is 0.0491. The highest BCUT2D eigenvalue weighted by Gasteiger charge is 2.22. The number of furan rings is 1. The fourth-order valence-electron chi connectivity index (χ4n) is 2.98. The van der Waals surface area contributed by atoms with Gasteiger partial charge in [0.1, 0.15) is 5.58 Å². The molecule has 3 aromatic heterocycles. The lowest BCUT2D eigenvalue weighted by atomic mass is 10.1. The Hall–Kier alpha value is -3.51. The number of sulfonamides is 1. The molecule has 3 heterocycles. The minimum absolute atomic E-state index is 0.00584. The van der Waals surface area contributed by atoms with Crippen LogP contribution in [-0.4, -0.2) is 40.9 Å². The zero-order valence-corrected chi connectivity index (χ0v) is 17.8. The van der Waals surface area contributed by atoms with Gasteiger partial charge in [-0.2, -0.15) is 10.1 Å². The van der Waals surface area contributed by atoms with Gasteiger partial charge in [0.05, 0.1) is 29.8 Å². The number of nitrogens with zero attached hydrogens (tertiary/aromatic N) is 4. The van der Waals surface area contributed by atoms with Gasteiger partial charge in [-0.3, -0.25) is 4.68 Å². The van der Waals surface area contributed by atoms with Crippen LogP contribution in [-0.2, 0) is 28.4 Å². The van der Waals surface area contributed by atoms with E-state index in [-0.39, 0.29) is 29.7 Å². The molecule has 0 aliphatic heterocycles. The summed E-state index contributed by atoms with van der Waals surface area (Å²) in [6.07, 6.45) is 3.29. The predicted octanol–water partition coefficient (Wildman–Crippen LogP) is 2.18. The van der Waals surface area contributed by atoms with E-state index in [1.807, 2.05) is 0 Å². The Kier molecular flexibility index (Phi) is 5.33. The highest BCUT2D eigenvalue weighted by Crippen LogP contribution is 2.28. The molecule has 0 aliphatic carbocycles. The Morgan fingerprint density at radius 1 is 1.32 bits per heavy atom. The number of aromatic nitrogens is 4. The molecule has 0 spiro atoms. The number of hydrogen-bond donors (Lipinski definition) is 1. The van der Waals surface area contributed by atoms with Crippen LogP contribution in [0.3, 0.4) is 0 Å². The lowest BCUT2D eigenvalue weighted by Gasteiger charge is -2.04. The van der Waals surface area contributed by atoms with Crippen LogP contribution in [0.25, 0.3) is 22.4 Å². The van der Waals surface area contributed by atoms with Crippen molar-refractivity contribution in [3.8, 4) is 11.4 Å². The number of rotatable bonds is 7. The molecule has 12 heteroatoms. The zero-order valence-electron chi connectivity index (χ0n) is 16.9. The van der Waals surface area contributed by atoms with Crippen LogP contribution in [0.4, 0.5) is 0 Å². The predicted molar refractivity (Wildman–Crippen MR) is 107 cm³/mol. The van der Waals surface area contributed by atoms with E-state index in [0.29, 0.717) is 27.9 Å². The first-order chi connectivity index (χ1) is 14.8. The summed E-state index contributed by atoms with van der Waals surface area (Å²) in [5, 5.41) is 8.36. The summed E-state index contributed by atoms with van der Waals surface area (Å²) in [4.78, 5) is 16.2. The second-order valence-corrected chi connectivity index (χ2v) is 8.44. The number of nitrogens with one attached hydrogen (secondary N) is 1. The van der Waals surface area contributed by atoms with Crippen molar-refractivity contribution in [1.82, 2.24) is 24.6 Å². The molecule has 4 rings (SSSR count). The summed E-state index contributed by atoms with van der Waals surface area (Å²) in [5.74, 6) is -0.135. The van der Waals surface area contributed by atoms with Crippen molar-refractivity contribution in [1.29, 1.82) is 0 Å². The van der Waals surface area contributed by atoms with Crippen molar-refractivity contribution in [3.05, 3.63) is 47.8 Å². The van der Waals surface area contributed by atoms with E-state index in [1.54, 1.807) is 38.0 Å². The fraction of sp³-hybridized carbons (Fsp3) is 0.263. The Labute approximate surface area is 177 Å². The first-order valence-electron chi connectivity index (χ1n) is 9.30. The third kappa shape index (κ3) is 4.07. The maximum atomic E-state index is 12.7. The smallest absolute Gasteiger partial charge is 0.374 e. The van der Waals surface area contributed by atoms with Gasteiger partial charge in [-0.15, -0.1) is 0 Å². The van der Waals surface area contributed by atoms with Gasteiger partial charge in [0.15, 0.2) is 0 Å². The molecule has 0 atom stereocenters. The molecule has 4 aromatic rings. The molecule has 0 saturated carbocycles. The van der Waals surface area contributed by atoms with Crippen molar-refractivity contribution in [2.75, 3.05) is 6.61 Å². The highest BCUT2D eigenvalue weighted by atomic mass is 32.2. The van der Waals surface area contributed by atoms with Gasteiger partial charge in [-0.25, -0.2) is 17.9 Å². The first-order valence-corrected chi connectivity index (χ1v) is 10.8. The standard InChI is InChI=1S/C19H19N5O6S/c1-4-28-19(25)17-11(2)14-7-13(5-6-15(14)29-17)31(26,27)21-9-16-22-18(23-30-16)12-8-20-24(3)10-12/h5-8,10,21H,4,9H2,1-3H3. The average Bonchev–Trinajstić information content (AvgIpc) is 3.45. The molecular formula is C19H19N5O6S. The molecule has 0 amide bonds. The maximum Gasteiger partial charge on any atom is 0.374 e. The van der Waals surface area contributed by atoms with E-state index in [2.05, 4.69) is 20.0 Å². The van der Waals surface area contributed by atoms with Gasteiger partial charge < -0.3 is 13.7 Å². The van der Waals surface area contributed by atoms with Crippen LogP contribution >= 0.6 is 0 Å². The lowest BCUT2D eigenvalue weighted by Crippen LogP contribution is -2.23. The number of carbonyl (C=O) groups excluding carboxylic acids is 1. The molecule has 11 nitrogen and oxygen atoms in total. The van der Waals surface area contributed by atoms with Crippen molar-refractivity contribution < 1.29 is 26.9 Å². The summed E-state index contributed by atoms with van der Waals surface area (Å²) in [7, 11) is -2.13. The zero-order chi connectivity index (χ0) is 22.2. The van der Waals surface area contributed by atoms with Crippen molar-refractivity contribution in [3.63, 3.8) is 0 Å². The Morgan fingerprint density at radius 2 is 2.13 bits per heavy atom. The van der Waals surface area contributed by atoms with Gasteiger partial charge >= 0.3 is 5.97 Å². The van der Waals surface area contributed by atoms with Crippen LogP contribution < -0.4 is 4.72 Å². The molecule has 0 fully saturated rings. The molecule has 0 saturated heterocycles. The summed E-state index contributed by atoms with van der Waals surface area (Å²) < 4.78 is 45.1. The van der Waals surface area contributed by atoms with Gasteiger partial charge in [0, 0.05) is 24.2 Å². The van der Waals surface area contributed by atoms with E-state index in [0.717, 1.165) is 0 Å². The third-order valence-electron chi connectivity index (χ3n) is 4.52. The minimum atomic E-state index is -3.89. The van der Waals surface area contributed by atoms with Gasteiger partial charge in [0.2, 0.25) is 27.5 Å².